The first-order chi connectivity index (χ1) is 13.7. The van der Waals surface area contributed by atoms with Crippen molar-refractivity contribution in [3.8, 4) is 0 Å². The normalized spacial score (nSPS) is 20.1. The van der Waals surface area contributed by atoms with Crippen molar-refractivity contribution in [1.29, 1.82) is 0 Å². The summed E-state index contributed by atoms with van der Waals surface area (Å²) in [6.45, 7) is 8.99. The fraction of sp³-hybridized carbons (Fsp3) is 0.619. The lowest BCUT2D eigenvalue weighted by atomic mass is 10.1. The maximum Gasteiger partial charge on any atom is 0.407 e. The third-order valence-corrected chi connectivity index (χ3v) is 5.16. The number of likely N-dealkylation sites (tertiary alicyclic amines) is 1. The summed E-state index contributed by atoms with van der Waals surface area (Å²) in [4.78, 5) is 13.0. The number of carboxylic acid groups (broad SMARTS) is 1. The van der Waals surface area contributed by atoms with E-state index in [2.05, 4.69) is 31.3 Å². The molecule has 2 atom stereocenters. The first-order valence-electron chi connectivity index (χ1n) is 10.1. The van der Waals surface area contributed by atoms with Crippen molar-refractivity contribution in [2.75, 3.05) is 19.8 Å². The first kappa shape index (κ1) is 21.5. The number of carbonyl (C=O) groups is 1. The van der Waals surface area contributed by atoms with Gasteiger partial charge in [-0.15, -0.1) is 0 Å². The molecule has 2 heterocycles. The van der Waals surface area contributed by atoms with Crippen molar-refractivity contribution in [3.63, 3.8) is 0 Å². The molecule has 2 aromatic rings. The number of hydrogen-bond donors (Lipinski definition) is 3. The number of hydrogen-bond acceptors (Lipinski definition) is 5. The number of para-hydroxylation sites is 1. The Balaban J connectivity index is 1.64. The number of benzene rings is 1. The molecule has 1 saturated heterocycles. The molecule has 1 amide bonds. The highest BCUT2D eigenvalue weighted by Gasteiger charge is 2.35. The summed E-state index contributed by atoms with van der Waals surface area (Å²) in [7, 11) is 0. The Bertz CT molecular complexity index is 843. The Morgan fingerprint density at radius 2 is 2.10 bits per heavy atom. The van der Waals surface area contributed by atoms with E-state index in [0.29, 0.717) is 19.5 Å². The molecule has 0 radical (unpaired) electrons. The molecule has 8 heteroatoms. The van der Waals surface area contributed by atoms with Crippen LogP contribution in [-0.4, -0.2) is 68.4 Å². The number of aromatic nitrogens is 2. The Kier molecular flexibility index (Phi) is 6.45. The molecule has 1 aromatic heterocycles. The molecule has 1 aliphatic rings. The molecule has 0 unspecified atom stereocenters. The summed E-state index contributed by atoms with van der Waals surface area (Å²) in [5, 5.41) is 28.7. The van der Waals surface area contributed by atoms with Crippen LogP contribution >= 0.6 is 0 Å². The van der Waals surface area contributed by atoms with Crippen molar-refractivity contribution in [1.82, 2.24) is 20.0 Å². The summed E-state index contributed by atoms with van der Waals surface area (Å²) in [5.41, 5.74) is 1.15. The molecule has 0 saturated carbocycles. The molecule has 3 N–H and O–H groups in total. The van der Waals surface area contributed by atoms with Crippen LogP contribution in [0.5, 0.6) is 0 Å². The van der Waals surface area contributed by atoms with Gasteiger partial charge in [0.15, 0.2) is 0 Å². The molecule has 8 nitrogen and oxygen atoms in total. The standard InChI is InChI=1S/C21H32N4O4/c1-14(2)25-19-8-6-5-7-17(19)18(23-25)10-22-15-9-16(24(11-15)20(26)27)12-29-13-21(3,4)28/h5-8,14-16,22,28H,9-13H2,1-4H3,(H,26,27)/t15-,16-/m0/s1. The number of amides is 1. The Hall–Kier alpha value is -2.16. The minimum Gasteiger partial charge on any atom is -0.465 e. The summed E-state index contributed by atoms with van der Waals surface area (Å²) < 4.78 is 7.59. The van der Waals surface area contributed by atoms with Crippen LogP contribution in [0.25, 0.3) is 10.9 Å². The number of rotatable bonds is 8. The zero-order valence-electron chi connectivity index (χ0n) is 17.6. The lowest BCUT2D eigenvalue weighted by Crippen LogP contribution is -2.39. The average Bonchev–Trinajstić information content (AvgIpc) is 3.20. The van der Waals surface area contributed by atoms with Crippen LogP contribution < -0.4 is 5.32 Å². The molecular weight excluding hydrogens is 372 g/mol. The number of aliphatic hydroxyl groups is 1. The van der Waals surface area contributed by atoms with E-state index in [0.717, 1.165) is 16.6 Å². The number of ether oxygens (including phenoxy) is 1. The van der Waals surface area contributed by atoms with Crippen molar-refractivity contribution >= 4 is 17.0 Å². The summed E-state index contributed by atoms with van der Waals surface area (Å²) >= 11 is 0. The van der Waals surface area contributed by atoms with Gasteiger partial charge in [-0.25, -0.2) is 4.79 Å². The van der Waals surface area contributed by atoms with Crippen molar-refractivity contribution in [2.24, 2.45) is 0 Å². The average molecular weight is 405 g/mol. The molecule has 0 spiro atoms. The smallest absolute Gasteiger partial charge is 0.407 e. The van der Waals surface area contributed by atoms with Gasteiger partial charge in [0.2, 0.25) is 0 Å². The van der Waals surface area contributed by atoms with Gasteiger partial charge in [0.05, 0.1) is 36.1 Å². The van der Waals surface area contributed by atoms with Crippen LogP contribution in [0, 0.1) is 0 Å². The van der Waals surface area contributed by atoms with E-state index in [1.165, 1.54) is 4.90 Å². The maximum absolute atomic E-state index is 11.6. The van der Waals surface area contributed by atoms with Gasteiger partial charge in [-0.05, 0) is 40.2 Å². The van der Waals surface area contributed by atoms with Crippen LogP contribution in [0.4, 0.5) is 4.79 Å². The van der Waals surface area contributed by atoms with E-state index in [9.17, 15) is 15.0 Å². The second-order valence-electron chi connectivity index (χ2n) is 8.73. The predicted molar refractivity (Wildman–Crippen MR) is 111 cm³/mol. The number of nitrogens with one attached hydrogen (secondary N) is 1. The highest BCUT2D eigenvalue weighted by molar-refractivity contribution is 5.82. The zero-order chi connectivity index (χ0) is 21.2. The first-order valence-corrected chi connectivity index (χ1v) is 10.1. The van der Waals surface area contributed by atoms with Gasteiger partial charge < -0.3 is 25.2 Å². The summed E-state index contributed by atoms with van der Waals surface area (Å²) in [6.07, 6.45) is -0.276. The Morgan fingerprint density at radius 1 is 1.38 bits per heavy atom. The fourth-order valence-corrected chi connectivity index (χ4v) is 3.82. The van der Waals surface area contributed by atoms with Gasteiger partial charge in [-0.1, -0.05) is 18.2 Å². The van der Waals surface area contributed by atoms with Gasteiger partial charge in [0.1, 0.15) is 0 Å². The zero-order valence-corrected chi connectivity index (χ0v) is 17.6. The predicted octanol–water partition coefficient (Wildman–Crippen LogP) is 2.62. The van der Waals surface area contributed by atoms with Crippen molar-refractivity contribution in [2.45, 2.75) is 64.4 Å². The summed E-state index contributed by atoms with van der Waals surface area (Å²) in [6, 6.07) is 8.24. The maximum atomic E-state index is 11.6. The van der Waals surface area contributed by atoms with E-state index >= 15 is 0 Å². The molecule has 160 valence electrons. The van der Waals surface area contributed by atoms with Crippen LogP contribution in [0.15, 0.2) is 24.3 Å². The second-order valence-corrected chi connectivity index (χ2v) is 8.73. The fourth-order valence-electron chi connectivity index (χ4n) is 3.82. The molecule has 0 aliphatic carbocycles. The Morgan fingerprint density at radius 3 is 2.76 bits per heavy atom. The lowest BCUT2D eigenvalue weighted by Gasteiger charge is -2.23. The van der Waals surface area contributed by atoms with E-state index < -0.39 is 11.7 Å². The third-order valence-electron chi connectivity index (χ3n) is 5.16. The minimum absolute atomic E-state index is 0.0322. The van der Waals surface area contributed by atoms with Gasteiger partial charge in [0.25, 0.3) is 0 Å². The van der Waals surface area contributed by atoms with Crippen LogP contribution in [0.3, 0.4) is 0 Å². The number of fused-ring (bicyclic) bond motifs is 1. The van der Waals surface area contributed by atoms with E-state index in [1.807, 2.05) is 16.8 Å². The minimum atomic E-state index is -0.944. The van der Waals surface area contributed by atoms with Gasteiger partial charge in [-0.2, -0.15) is 5.10 Å². The highest BCUT2D eigenvalue weighted by atomic mass is 16.5. The quantitative estimate of drug-likeness (QED) is 0.625. The van der Waals surface area contributed by atoms with Crippen molar-refractivity contribution in [3.05, 3.63) is 30.0 Å². The molecule has 1 aromatic carbocycles. The molecule has 1 fully saturated rings. The largest absolute Gasteiger partial charge is 0.465 e. The molecule has 3 rings (SSSR count). The molecular formula is C21H32N4O4. The van der Waals surface area contributed by atoms with Gasteiger partial charge in [0, 0.05) is 30.6 Å². The SMILES string of the molecule is CC(C)n1nc(CN[C@H]2C[C@@H](COCC(C)(C)O)N(C(=O)O)C2)c2ccccc21. The third kappa shape index (κ3) is 5.26. The molecule has 1 aliphatic heterocycles. The van der Waals surface area contributed by atoms with Crippen LogP contribution in [-0.2, 0) is 11.3 Å². The second kappa shape index (κ2) is 8.69. The van der Waals surface area contributed by atoms with E-state index in [1.54, 1.807) is 13.8 Å². The Labute approximate surface area is 171 Å². The van der Waals surface area contributed by atoms with Gasteiger partial charge >= 0.3 is 6.09 Å². The van der Waals surface area contributed by atoms with Gasteiger partial charge in [-0.3, -0.25) is 4.68 Å². The number of nitrogens with zero attached hydrogens (tertiary/aromatic N) is 3. The molecule has 0 bridgehead atoms. The van der Waals surface area contributed by atoms with E-state index in [-0.39, 0.29) is 31.3 Å². The monoisotopic (exact) mass is 404 g/mol. The molecule has 29 heavy (non-hydrogen) atoms. The highest BCUT2D eigenvalue weighted by Crippen LogP contribution is 2.23. The van der Waals surface area contributed by atoms with E-state index in [4.69, 9.17) is 9.84 Å². The van der Waals surface area contributed by atoms with Crippen LogP contribution in [0.2, 0.25) is 0 Å². The van der Waals surface area contributed by atoms with Crippen LogP contribution in [0.1, 0.15) is 45.9 Å². The lowest BCUT2D eigenvalue weighted by molar-refractivity contribution is -0.0321. The topological polar surface area (TPSA) is 99.9 Å². The van der Waals surface area contributed by atoms with Crippen molar-refractivity contribution < 1.29 is 19.7 Å². The summed E-state index contributed by atoms with van der Waals surface area (Å²) in [5.74, 6) is 0.